The first-order chi connectivity index (χ1) is 7.95. The number of nitrogens with two attached hydrogens (primary N) is 1. The van der Waals surface area contributed by atoms with E-state index in [1.807, 2.05) is 13.8 Å². The highest BCUT2D eigenvalue weighted by Gasteiger charge is 2.17. The van der Waals surface area contributed by atoms with Crippen LogP contribution in [0.25, 0.3) is 0 Å². The van der Waals surface area contributed by atoms with Gasteiger partial charge in [0.25, 0.3) is 0 Å². The monoisotopic (exact) mass is 235 g/mol. The lowest BCUT2D eigenvalue weighted by Gasteiger charge is -2.15. The molecule has 0 saturated heterocycles. The van der Waals surface area contributed by atoms with Gasteiger partial charge in [0.15, 0.2) is 0 Å². The summed E-state index contributed by atoms with van der Waals surface area (Å²) < 4.78 is 4.92. The summed E-state index contributed by atoms with van der Waals surface area (Å²) in [6, 6.07) is 3.65. The van der Waals surface area contributed by atoms with Crippen LogP contribution in [-0.4, -0.2) is 18.6 Å². The summed E-state index contributed by atoms with van der Waals surface area (Å²) in [5, 5.41) is 0. The summed E-state index contributed by atoms with van der Waals surface area (Å²) in [6.07, 6.45) is 0.538. The molecule has 0 bridgehead atoms. The smallest absolute Gasteiger partial charge is 0.323 e. The first kappa shape index (κ1) is 13.7. The first-order valence-electron chi connectivity index (χ1n) is 5.94. The summed E-state index contributed by atoms with van der Waals surface area (Å²) in [6.45, 7) is 8.32. The predicted octanol–water partition coefficient (Wildman–Crippen LogP) is 2.04. The second-order valence-electron chi connectivity index (χ2n) is 4.44. The summed E-state index contributed by atoms with van der Waals surface area (Å²) >= 11 is 0. The van der Waals surface area contributed by atoms with E-state index in [0.717, 1.165) is 5.56 Å². The van der Waals surface area contributed by atoms with E-state index >= 15 is 0 Å². The minimum atomic E-state index is -0.574. The van der Waals surface area contributed by atoms with Crippen LogP contribution in [0.4, 0.5) is 0 Å². The molecule has 0 radical (unpaired) electrons. The van der Waals surface area contributed by atoms with Crippen LogP contribution in [0.15, 0.2) is 12.1 Å². The maximum absolute atomic E-state index is 11.5. The van der Waals surface area contributed by atoms with Crippen LogP contribution in [0.3, 0.4) is 0 Å². The number of rotatable bonds is 4. The van der Waals surface area contributed by atoms with Gasteiger partial charge in [-0.05, 0) is 50.8 Å². The van der Waals surface area contributed by atoms with Crippen molar-refractivity contribution in [3.8, 4) is 0 Å². The van der Waals surface area contributed by atoms with E-state index < -0.39 is 6.04 Å². The van der Waals surface area contributed by atoms with Gasteiger partial charge in [0.05, 0.1) is 6.61 Å². The lowest BCUT2D eigenvalue weighted by molar-refractivity contribution is -0.144. The number of carbonyl (C=O) groups excluding carboxylic acids is 1. The largest absolute Gasteiger partial charge is 0.465 e. The van der Waals surface area contributed by atoms with Crippen LogP contribution >= 0.6 is 0 Å². The van der Waals surface area contributed by atoms with Crippen LogP contribution in [0.2, 0.25) is 0 Å². The van der Waals surface area contributed by atoms with E-state index in [1.54, 1.807) is 6.92 Å². The summed E-state index contributed by atoms with van der Waals surface area (Å²) in [7, 11) is 0. The topological polar surface area (TPSA) is 52.3 Å². The van der Waals surface area contributed by atoms with E-state index in [0.29, 0.717) is 13.0 Å². The van der Waals surface area contributed by atoms with Crippen molar-refractivity contribution in [2.75, 3.05) is 6.61 Å². The van der Waals surface area contributed by atoms with Crippen LogP contribution in [0, 0.1) is 20.8 Å². The quantitative estimate of drug-likeness (QED) is 0.813. The third-order valence-corrected chi connectivity index (χ3v) is 2.85. The molecule has 0 saturated carbocycles. The van der Waals surface area contributed by atoms with Gasteiger partial charge in [0.2, 0.25) is 0 Å². The average Bonchev–Trinajstić information content (AvgIpc) is 2.23. The summed E-state index contributed by atoms with van der Waals surface area (Å²) in [5.74, 6) is -0.327. The Bertz CT molecular complexity index is 390. The molecule has 0 unspecified atom stereocenters. The molecule has 0 aliphatic heterocycles. The summed E-state index contributed by atoms with van der Waals surface area (Å²) in [5.41, 5.74) is 10.6. The van der Waals surface area contributed by atoms with E-state index in [2.05, 4.69) is 19.1 Å². The molecule has 0 aliphatic rings. The highest BCUT2D eigenvalue weighted by atomic mass is 16.5. The predicted molar refractivity (Wildman–Crippen MR) is 69.0 cm³/mol. The van der Waals surface area contributed by atoms with Gasteiger partial charge in [-0.25, -0.2) is 0 Å². The second-order valence-corrected chi connectivity index (χ2v) is 4.44. The van der Waals surface area contributed by atoms with Crippen molar-refractivity contribution in [2.24, 2.45) is 5.73 Å². The molecule has 3 nitrogen and oxygen atoms in total. The minimum absolute atomic E-state index is 0.327. The van der Waals surface area contributed by atoms with Crippen LogP contribution in [0.5, 0.6) is 0 Å². The van der Waals surface area contributed by atoms with Crippen molar-refractivity contribution in [3.63, 3.8) is 0 Å². The molecule has 0 spiro atoms. The molecule has 1 aromatic carbocycles. The van der Waals surface area contributed by atoms with E-state index in [1.165, 1.54) is 16.7 Å². The molecule has 0 heterocycles. The van der Waals surface area contributed by atoms with Gasteiger partial charge in [-0.1, -0.05) is 17.7 Å². The van der Waals surface area contributed by atoms with Crippen LogP contribution < -0.4 is 5.73 Å². The molecule has 1 rings (SSSR count). The van der Waals surface area contributed by atoms with Crippen molar-refractivity contribution in [1.29, 1.82) is 0 Å². The van der Waals surface area contributed by atoms with Gasteiger partial charge in [0, 0.05) is 0 Å². The molecule has 2 N–H and O–H groups in total. The Balaban J connectivity index is 2.85. The van der Waals surface area contributed by atoms with Gasteiger partial charge in [-0.3, -0.25) is 4.79 Å². The van der Waals surface area contributed by atoms with E-state index in [9.17, 15) is 4.79 Å². The third kappa shape index (κ3) is 3.56. The van der Waals surface area contributed by atoms with Crippen LogP contribution in [-0.2, 0) is 16.0 Å². The standard InChI is InChI=1S/C14H21NO2/c1-5-17-14(16)13(15)8-12-10(3)6-9(2)7-11(12)4/h6-7,13H,5,8,15H2,1-4H3/t13-/m0/s1. The molecule has 17 heavy (non-hydrogen) atoms. The Kier molecular flexibility index (Phi) is 4.70. The highest BCUT2D eigenvalue weighted by Crippen LogP contribution is 2.18. The number of hydrogen-bond acceptors (Lipinski definition) is 3. The van der Waals surface area contributed by atoms with Gasteiger partial charge in [-0.2, -0.15) is 0 Å². The highest BCUT2D eigenvalue weighted by molar-refractivity contribution is 5.76. The van der Waals surface area contributed by atoms with Gasteiger partial charge in [0.1, 0.15) is 6.04 Å². The molecule has 1 aromatic rings. The number of hydrogen-bond donors (Lipinski definition) is 1. The number of ether oxygens (including phenoxy) is 1. The molecule has 1 atom stereocenters. The lowest BCUT2D eigenvalue weighted by atomic mass is 9.95. The Labute approximate surface area is 103 Å². The fraction of sp³-hybridized carbons (Fsp3) is 0.500. The zero-order valence-corrected chi connectivity index (χ0v) is 11.0. The van der Waals surface area contributed by atoms with Crippen molar-refractivity contribution in [1.82, 2.24) is 0 Å². The molecular formula is C14H21NO2. The van der Waals surface area contributed by atoms with Crippen LogP contribution in [0.1, 0.15) is 29.2 Å². The molecule has 0 aromatic heterocycles. The van der Waals surface area contributed by atoms with Crippen molar-refractivity contribution < 1.29 is 9.53 Å². The zero-order chi connectivity index (χ0) is 13.0. The Morgan fingerprint density at radius 1 is 1.29 bits per heavy atom. The van der Waals surface area contributed by atoms with Gasteiger partial charge < -0.3 is 10.5 Å². The zero-order valence-electron chi connectivity index (χ0n) is 11.0. The first-order valence-corrected chi connectivity index (χ1v) is 5.94. The van der Waals surface area contributed by atoms with Crippen molar-refractivity contribution in [2.45, 2.75) is 40.2 Å². The van der Waals surface area contributed by atoms with Crippen molar-refractivity contribution in [3.05, 3.63) is 34.4 Å². The number of benzene rings is 1. The van der Waals surface area contributed by atoms with Gasteiger partial charge in [-0.15, -0.1) is 0 Å². The minimum Gasteiger partial charge on any atom is -0.465 e. The van der Waals surface area contributed by atoms with E-state index in [-0.39, 0.29) is 5.97 Å². The van der Waals surface area contributed by atoms with Gasteiger partial charge >= 0.3 is 5.97 Å². The van der Waals surface area contributed by atoms with Crippen molar-refractivity contribution >= 4 is 5.97 Å². The second kappa shape index (κ2) is 5.82. The Hall–Kier alpha value is -1.35. The average molecular weight is 235 g/mol. The maximum Gasteiger partial charge on any atom is 0.323 e. The Morgan fingerprint density at radius 3 is 2.29 bits per heavy atom. The molecular weight excluding hydrogens is 214 g/mol. The molecule has 3 heteroatoms. The fourth-order valence-corrected chi connectivity index (χ4v) is 2.08. The molecule has 0 amide bonds. The number of carbonyl (C=O) groups is 1. The number of esters is 1. The molecule has 0 fully saturated rings. The normalized spacial score (nSPS) is 12.3. The summed E-state index contributed by atoms with van der Waals surface area (Å²) in [4.78, 5) is 11.5. The maximum atomic E-state index is 11.5. The lowest BCUT2D eigenvalue weighted by Crippen LogP contribution is -2.34. The Morgan fingerprint density at radius 2 is 1.82 bits per heavy atom. The fourth-order valence-electron chi connectivity index (χ4n) is 2.08. The van der Waals surface area contributed by atoms with E-state index in [4.69, 9.17) is 10.5 Å². The SMILES string of the molecule is CCOC(=O)[C@@H](N)Cc1c(C)cc(C)cc1C. The number of aryl methyl sites for hydroxylation is 3. The third-order valence-electron chi connectivity index (χ3n) is 2.85. The molecule has 0 aliphatic carbocycles. The molecule has 94 valence electrons.